The average molecular weight is 423 g/mol. The number of imidazole rings is 1. The van der Waals surface area contributed by atoms with E-state index in [0.717, 1.165) is 17.1 Å². The fourth-order valence-corrected chi connectivity index (χ4v) is 4.67. The van der Waals surface area contributed by atoms with Crippen molar-refractivity contribution in [1.82, 2.24) is 14.1 Å². The second-order valence-electron chi connectivity index (χ2n) is 9.11. The summed E-state index contributed by atoms with van der Waals surface area (Å²) in [6.45, 7) is 8.93. The van der Waals surface area contributed by atoms with Crippen LogP contribution in [-0.2, 0) is 7.05 Å². The van der Waals surface area contributed by atoms with Crippen LogP contribution in [0.2, 0.25) is 0 Å². The van der Waals surface area contributed by atoms with Crippen LogP contribution in [0.4, 0.5) is 5.69 Å². The number of H-pyrrole nitrogens is 1. The summed E-state index contributed by atoms with van der Waals surface area (Å²) in [6, 6.07) is 23.7. The van der Waals surface area contributed by atoms with Gasteiger partial charge in [0.05, 0.1) is 16.7 Å². The summed E-state index contributed by atoms with van der Waals surface area (Å²) >= 11 is 0. The molecule has 4 nitrogen and oxygen atoms in total. The van der Waals surface area contributed by atoms with Crippen molar-refractivity contribution >= 4 is 27.5 Å². The van der Waals surface area contributed by atoms with E-state index in [1.54, 1.807) is 0 Å². The number of aromatic amines is 1. The Bertz CT molecular complexity index is 1410. The molecule has 0 amide bonds. The molecule has 2 heterocycles. The molecule has 0 fully saturated rings. The normalized spacial score (nSPS) is 12.7. The first kappa shape index (κ1) is 20.4. The lowest BCUT2D eigenvalue weighted by Crippen LogP contribution is -2.18. The van der Waals surface area contributed by atoms with E-state index in [1.165, 1.54) is 32.9 Å². The Morgan fingerprint density at radius 2 is 1.25 bits per heavy atom. The van der Waals surface area contributed by atoms with Gasteiger partial charge in [-0.3, -0.25) is 9.13 Å². The van der Waals surface area contributed by atoms with Gasteiger partial charge in [0.1, 0.15) is 5.82 Å². The molecule has 0 saturated heterocycles. The van der Waals surface area contributed by atoms with Crippen LogP contribution in [0.5, 0.6) is 0 Å². The van der Waals surface area contributed by atoms with E-state index in [1.807, 2.05) is 0 Å². The number of benzene rings is 3. The van der Waals surface area contributed by atoms with E-state index in [4.69, 9.17) is 4.99 Å². The maximum Gasteiger partial charge on any atom is 0.208 e. The monoisotopic (exact) mass is 422 g/mol. The minimum absolute atomic E-state index is 0.407. The van der Waals surface area contributed by atoms with Crippen LogP contribution in [0.1, 0.15) is 50.7 Å². The van der Waals surface area contributed by atoms with Crippen LogP contribution in [-0.4, -0.2) is 14.1 Å². The Morgan fingerprint density at radius 1 is 0.719 bits per heavy atom. The summed E-state index contributed by atoms with van der Waals surface area (Å²) < 4.78 is 4.47. The Kier molecular flexibility index (Phi) is 5.01. The first-order valence-corrected chi connectivity index (χ1v) is 11.4. The Balaban J connectivity index is 1.78. The minimum atomic E-state index is 0.407. The molecule has 5 rings (SSSR count). The van der Waals surface area contributed by atoms with Crippen LogP contribution in [0.3, 0.4) is 0 Å². The van der Waals surface area contributed by atoms with Gasteiger partial charge >= 0.3 is 0 Å². The van der Waals surface area contributed by atoms with Gasteiger partial charge in [-0.05, 0) is 35.1 Å². The van der Waals surface area contributed by atoms with E-state index in [2.05, 4.69) is 122 Å². The molecule has 0 atom stereocenters. The van der Waals surface area contributed by atoms with Gasteiger partial charge in [0, 0.05) is 24.0 Å². The van der Waals surface area contributed by atoms with Crippen molar-refractivity contribution in [2.45, 2.75) is 39.5 Å². The number of fused-ring (bicyclic) bond motifs is 3. The molecule has 4 heteroatoms. The molecule has 2 aromatic heterocycles. The number of aromatic nitrogens is 3. The molecule has 5 aromatic rings. The van der Waals surface area contributed by atoms with Gasteiger partial charge in [-0.25, -0.2) is 4.99 Å². The van der Waals surface area contributed by atoms with Crippen molar-refractivity contribution in [2.75, 3.05) is 0 Å². The Labute approximate surface area is 188 Å². The smallest absolute Gasteiger partial charge is 0.208 e. The zero-order valence-electron chi connectivity index (χ0n) is 19.4. The van der Waals surface area contributed by atoms with Crippen molar-refractivity contribution in [3.63, 3.8) is 0 Å². The number of nitrogens with one attached hydrogen (secondary N) is 1. The van der Waals surface area contributed by atoms with Gasteiger partial charge in [0.2, 0.25) is 5.62 Å². The minimum Gasteiger partial charge on any atom is -0.329 e. The van der Waals surface area contributed by atoms with E-state index in [9.17, 15) is 0 Å². The standard InChI is InChI=1S/C28H30N4/c1-18(2)20-13-10-14-21(19(3)4)27(20)30-28-29-17-26(31(28)5)32-24-15-8-6-11-22(24)23-12-7-9-16-25(23)32/h6-19H,1-5H3,(H,29,30). The summed E-state index contributed by atoms with van der Waals surface area (Å²) in [4.78, 5) is 8.62. The number of para-hydroxylation sites is 3. The summed E-state index contributed by atoms with van der Waals surface area (Å²) in [5, 5.41) is 2.52. The van der Waals surface area contributed by atoms with Gasteiger partial charge in [-0.1, -0.05) is 82.3 Å². The number of nitrogens with zero attached hydrogens (tertiary/aromatic N) is 3. The summed E-state index contributed by atoms with van der Waals surface area (Å²) in [5.74, 6) is 1.88. The SMILES string of the molecule is CC(C)c1cccc(C(C)C)c1N=c1[nH]cc(-n2c3ccccc3c3ccccc32)n1C. The molecular weight excluding hydrogens is 392 g/mol. The highest BCUT2D eigenvalue weighted by atomic mass is 15.2. The van der Waals surface area contributed by atoms with Crippen LogP contribution < -0.4 is 5.62 Å². The number of hydrogen-bond donors (Lipinski definition) is 1. The lowest BCUT2D eigenvalue weighted by atomic mass is 9.93. The van der Waals surface area contributed by atoms with E-state index < -0.39 is 0 Å². The van der Waals surface area contributed by atoms with Crippen LogP contribution in [0, 0.1) is 0 Å². The molecule has 3 aromatic carbocycles. The maximum absolute atomic E-state index is 5.17. The van der Waals surface area contributed by atoms with Crippen molar-refractivity contribution in [1.29, 1.82) is 0 Å². The quantitative estimate of drug-likeness (QED) is 0.326. The molecule has 32 heavy (non-hydrogen) atoms. The Hall–Kier alpha value is -3.53. The summed E-state index contributed by atoms with van der Waals surface area (Å²) in [6.07, 6.45) is 2.06. The second-order valence-corrected chi connectivity index (χ2v) is 9.11. The van der Waals surface area contributed by atoms with Gasteiger partial charge in [-0.15, -0.1) is 0 Å². The molecular formula is C28H30N4. The predicted molar refractivity (Wildman–Crippen MR) is 134 cm³/mol. The average Bonchev–Trinajstić information content (AvgIpc) is 3.31. The lowest BCUT2D eigenvalue weighted by molar-refractivity contribution is 0.789. The third-order valence-corrected chi connectivity index (χ3v) is 6.36. The highest BCUT2D eigenvalue weighted by Crippen LogP contribution is 2.35. The highest BCUT2D eigenvalue weighted by Gasteiger charge is 2.16. The molecule has 1 N–H and O–H groups in total. The number of rotatable bonds is 4. The van der Waals surface area contributed by atoms with E-state index in [0.29, 0.717) is 11.8 Å². The van der Waals surface area contributed by atoms with Crippen LogP contribution in [0.15, 0.2) is 77.9 Å². The predicted octanol–water partition coefficient (Wildman–Crippen LogP) is 6.93. The maximum atomic E-state index is 5.17. The van der Waals surface area contributed by atoms with Crippen molar-refractivity contribution in [2.24, 2.45) is 12.0 Å². The Morgan fingerprint density at radius 3 is 1.78 bits per heavy atom. The third-order valence-electron chi connectivity index (χ3n) is 6.36. The molecule has 0 saturated carbocycles. The molecule has 0 bridgehead atoms. The fraction of sp³-hybridized carbons (Fsp3) is 0.250. The molecule has 162 valence electrons. The van der Waals surface area contributed by atoms with Gasteiger partial charge in [0.15, 0.2) is 0 Å². The molecule has 0 aliphatic heterocycles. The van der Waals surface area contributed by atoms with E-state index in [-0.39, 0.29) is 0 Å². The largest absolute Gasteiger partial charge is 0.329 e. The third kappa shape index (κ3) is 3.18. The fourth-order valence-electron chi connectivity index (χ4n) is 4.67. The number of hydrogen-bond acceptors (Lipinski definition) is 1. The molecule has 0 unspecified atom stereocenters. The van der Waals surface area contributed by atoms with Crippen LogP contribution in [0.25, 0.3) is 27.6 Å². The molecule has 0 aliphatic rings. The van der Waals surface area contributed by atoms with Crippen molar-refractivity contribution < 1.29 is 0 Å². The molecule has 0 radical (unpaired) electrons. The zero-order valence-corrected chi connectivity index (χ0v) is 19.4. The zero-order chi connectivity index (χ0) is 22.4. The van der Waals surface area contributed by atoms with Gasteiger partial charge < -0.3 is 4.98 Å². The van der Waals surface area contributed by atoms with Crippen molar-refractivity contribution in [3.05, 3.63) is 89.7 Å². The summed E-state index contributed by atoms with van der Waals surface area (Å²) in [5.41, 5.74) is 6.88. The first-order valence-electron chi connectivity index (χ1n) is 11.4. The van der Waals surface area contributed by atoms with Gasteiger partial charge in [0.25, 0.3) is 0 Å². The molecule has 0 spiro atoms. The second kappa shape index (κ2) is 7.86. The van der Waals surface area contributed by atoms with Crippen LogP contribution >= 0.6 is 0 Å². The van der Waals surface area contributed by atoms with Gasteiger partial charge in [-0.2, -0.15) is 0 Å². The van der Waals surface area contributed by atoms with E-state index >= 15 is 0 Å². The first-order chi connectivity index (χ1) is 15.5. The topological polar surface area (TPSA) is 38.0 Å². The lowest BCUT2D eigenvalue weighted by Gasteiger charge is -2.16. The molecule has 0 aliphatic carbocycles. The van der Waals surface area contributed by atoms with Crippen molar-refractivity contribution in [3.8, 4) is 5.82 Å². The highest BCUT2D eigenvalue weighted by molar-refractivity contribution is 6.09. The summed E-state index contributed by atoms with van der Waals surface area (Å²) in [7, 11) is 2.08.